The molecule has 23 heavy (non-hydrogen) atoms. The van der Waals surface area contributed by atoms with Crippen LogP contribution in [0, 0.1) is 5.92 Å². The second-order valence-corrected chi connectivity index (χ2v) is 7.80. The van der Waals surface area contributed by atoms with Crippen LogP contribution >= 0.6 is 0 Å². The molecule has 0 saturated heterocycles. The molecule has 1 aromatic rings. The minimum Gasteiger partial charge on any atom is -0.480 e. The lowest BCUT2D eigenvalue weighted by atomic mass is 10.2. The number of aliphatic carboxylic acids is 1. The molecule has 1 amide bonds. The van der Waals surface area contributed by atoms with Crippen molar-refractivity contribution in [2.75, 3.05) is 27.2 Å². The first-order valence-corrected chi connectivity index (χ1v) is 8.69. The first-order valence-electron chi connectivity index (χ1n) is 7.25. The van der Waals surface area contributed by atoms with Crippen molar-refractivity contribution in [1.82, 2.24) is 9.21 Å². The summed E-state index contributed by atoms with van der Waals surface area (Å²) in [5, 5.41) is 8.98. The van der Waals surface area contributed by atoms with E-state index in [-0.39, 0.29) is 28.8 Å². The van der Waals surface area contributed by atoms with Gasteiger partial charge < -0.3 is 10.0 Å². The van der Waals surface area contributed by atoms with Gasteiger partial charge in [0.1, 0.15) is 6.54 Å². The summed E-state index contributed by atoms with van der Waals surface area (Å²) in [5.74, 6) is -1.29. The van der Waals surface area contributed by atoms with E-state index in [1.54, 1.807) is 14.1 Å². The molecular formula is C15H20N2O5S. The lowest BCUT2D eigenvalue weighted by Crippen LogP contribution is -2.37. The summed E-state index contributed by atoms with van der Waals surface area (Å²) in [6, 6.07) is 5.69. The van der Waals surface area contributed by atoms with Crippen LogP contribution in [-0.4, -0.2) is 61.8 Å². The molecule has 1 saturated carbocycles. The van der Waals surface area contributed by atoms with Crippen LogP contribution in [0.5, 0.6) is 0 Å². The largest absolute Gasteiger partial charge is 0.480 e. The van der Waals surface area contributed by atoms with Gasteiger partial charge in [0.15, 0.2) is 0 Å². The zero-order valence-electron chi connectivity index (χ0n) is 13.1. The third-order valence-corrected chi connectivity index (χ3v) is 5.40. The van der Waals surface area contributed by atoms with E-state index in [4.69, 9.17) is 5.11 Å². The van der Waals surface area contributed by atoms with E-state index < -0.39 is 22.5 Å². The maximum absolute atomic E-state index is 12.7. The molecule has 0 atom stereocenters. The summed E-state index contributed by atoms with van der Waals surface area (Å²) in [6.45, 7) is -0.384. The van der Waals surface area contributed by atoms with Gasteiger partial charge in [0.2, 0.25) is 10.0 Å². The van der Waals surface area contributed by atoms with Crippen molar-refractivity contribution < 1.29 is 23.1 Å². The van der Waals surface area contributed by atoms with Gasteiger partial charge in [-0.2, -0.15) is 4.31 Å². The number of carbonyl (C=O) groups is 2. The Kier molecular flexibility index (Phi) is 5.06. The van der Waals surface area contributed by atoms with Crippen LogP contribution in [0.25, 0.3) is 0 Å². The number of hydrogen-bond acceptors (Lipinski definition) is 4. The van der Waals surface area contributed by atoms with E-state index in [2.05, 4.69) is 0 Å². The lowest BCUT2D eigenvalue weighted by Gasteiger charge is -2.20. The number of carbonyl (C=O) groups excluding carboxylic acids is 1. The van der Waals surface area contributed by atoms with Gasteiger partial charge in [-0.1, -0.05) is 6.07 Å². The summed E-state index contributed by atoms with van der Waals surface area (Å²) < 4.78 is 26.4. The van der Waals surface area contributed by atoms with Gasteiger partial charge in [-0.3, -0.25) is 9.59 Å². The molecule has 0 heterocycles. The average molecular weight is 340 g/mol. The summed E-state index contributed by atoms with van der Waals surface area (Å²) in [7, 11) is -0.798. The standard InChI is InChI=1S/C15H20N2O5S/c1-16(2)15(20)12-4-3-5-13(8-12)23(21,22)17(10-14(18)19)9-11-6-7-11/h3-5,8,11H,6-7,9-10H2,1-2H3,(H,18,19). The zero-order chi connectivity index (χ0) is 17.2. The normalized spacial score (nSPS) is 14.7. The van der Waals surface area contributed by atoms with Crippen molar-refractivity contribution in [1.29, 1.82) is 0 Å². The third-order valence-electron chi connectivity index (χ3n) is 3.60. The molecule has 0 spiro atoms. The number of benzene rings is 1. The molecule has 1 N–H and O–H groups in total. The summed E-state index contributed by atoms with van der Waals surface area (Å²) >= 11 is 0. The number of hydrogen-bond donors (Lipinski definition) is 1. The Morgan fingerprint density at radius 2 is 1.91 bits per heavy atom. The number of sulfonamides is 1. The van der Waals surface area contributed by atoms with Crippen molar-refractivity contribution in [3.8, 4) is 0 Å². The van der Waals surface area contributed by atoms with E-state index in [0.717, 1.165) is 17.1 Å². The molecule has 0 aliphatic heterocycles. The van der Waals surface area contributed by atoms with Gasteiger partial charge in [0.05, 0.1) is 4.90 Å². The molecule has 0 aromatic heterocycles. The van der Waals surface area contributed by atoms with Gasteiger partial charge in [-0.15, -0.1) is 0 Å². The van der Waals surface area contributed by atoms with Crippen LogP contribution in [0.15, 0.2) is 29.2 Å². The third kappa shape index (κ3) is 4.29. The van der Waals surface area contributed by atoms with E-state index in [1.807, 2.05) is 0 Å². The maximum atomic E-state index is 12.7. The van der Waals surface area contributed by atoms with Crippen LogP contribution in [0.2, 0.25) is 0 Å². The van der Waals surface area contributed by atoms with Gasteiger partial charge in [-0.25, -0.2) is 8.42 Å². The molecule has 1 aromatic carbocycles. The highest BCUT2D eigenvalue weighted by Gasteiger charge is 2.33. The van der Waals surface area contributed by atoms with Crippen molar-refractivity contribution in [2.45, 2.75) is 17.7 Å². The number of carboxylic acids is 1. The minimum absolute atomic E-state index is 0.0629. The smallest absolute Gasteiger partial charge is 0.318 e. The quantitative estimate of drug-likeness (QED) is 0.795. The van der Waals surface area contributed by atoms with Crippen LogP contribution < -0.4 is 0 Å². The molecule has 1 aliphatic carbocycles. The SMILES string of the molecule is CN(C)C(=O)c1cccc(S(=O)(=O)N(CC(=O)O)CC2CC2)c1. The number of carboxylic acid groups (broad SMARTS) is 1. The molecule has 7 nitrogen and oxygen atoms in total. The van der Waals surface area contributed by atoms with Crippen molar-refractivity contribution in [2.24, 2.45) is 5.92 Å². The van der Waals surface area contributed by atoms with Crippen molar-refractivity contribution >= 4 is 21.9 Å². The zero-order valence-corrected chi connectivity index (χ0v) is 13.9. The second-order valence-electron chi connectivity index (χ2n) is 5.86. The van der Waals surface area contributed by atoms with E-state index in [0.29, 0.717) is 0 Å². The van der Waals surface area contributed by atoms with E-state index >= 15 is 0 Å². The molecular weight excluding hydrogens is 320 g/mol. The molecule has 0 unspecified atom stereocenters. The Labute approximate surface area is 135 Å². The van der Waals surface area contributed by atoms with Crippen molar-refractivity contribution in [3.05, 3.63) is 29.8 Å². The Balaban J connectivity index is 2.34. The fourth-order valence-electron chi connectivity index (χ4n) is 2.18. The highest BCUT2D eigenvalue weighted by molar-refractivity contribution is 7.89. The average Bonchev–Trinajstić information content (AvgIpc) is 3.29. The predicted octanol–water partition coefficient (Wildman–Crippen LogP) is 0.874. The van der Waals surface area contributed by atoms with Crippen LogP contribution in [0.4, 0.5) is 0 Å². The minimum atomic E-state index is -3.95. The monoisotopic (exact) mass is 340 g/mol. The highest BCUT2D eigenvalue weighted by atomic mass is 32.2. The Morgan fingerprint density at radius 3 is 2.43 bits per heavy atom. The predicted molar refractivity (Wildman–Crippen MR) is 83.6 cm³/mol. The molecule has 2 rings (SSSR count). The second kappa shape index (κ2) is 6.67. The van der Waals surface area contributed by atoms with Gasteiger partial charge in [0.25, 0.3) is 5.91 Å². The first kappa shape index (κ1) is 17.4. The molecule has 0 radical (unpaired) electrons. The van der Waals surface area contributed by atoms with Crippen LogP contribution in [0.3, 0.4) is 0 Å². The lowest BCUT2D eigenvalue weighted by molar-refractivity contribution is -0.137. The molecule has 1 fully saturated rings. The number of amides is 1. The number of rotatable bonds is 7. The summed E-state index contributed by atoms with van der Waals surface area (Å²) in [6.07, 6.45) is 1.82. The van der Waals surface area contributed by atoms with Gasteiger partial charge >= 0.3 is 5.97 Å². The molecule has 0 bridgehead atoms. The van der Waals surface area contributed by atoms with Gasteiger partial charge in [0, 0.05) is 26.2 Å². The topological polar surface area (TPSA) is 95.0 Å². The molecule has 8 heteroatoms. The van der Waals surface area contributed by atoms with Crippen LogP contribution in [-0.2, 0) is 14.8 Å². The Morgan fingerprint density at radius 1 is 1.26 bits per heavy atom. The summed E-state index contributed by atoms with van der Waals surface area (Å²) in [4.78, 5) is 24.3. The maximum Gasteiger partial charge on any atom is 0.318 e. The molecule has 1 aliphatic rings. The van der Waals surface area contributed by atoms with E-state index in [9.17, 15) is 18.0 Å². The Hall–Kier alpha value is -1.93. The Bertz CT molecular complexity index is 710. The highest BCUT2D eigenvalue weighted by Crippen LogP contribution is 2.31. The number of nitrogens with zero attached hydrogens (tertiary/aromatic N) is 2. The fraction of sp³-hybridized carbons (Fsp3) is 0.467. The molecule has 126 valence electrons. The van der Waals surface area contributed by atoms with Gasteiger partial charge in [-0.05, 0) is 37.0 Å². The summed E-state index contributed by atoms with van der Waals surface area (Å²) in [5.41, 5.74) is 0.248. The van der Waals surface area contributed by atoms with Crippen LogP contribution in [0.1, 0.15) is 23.2 Å². The van der Waals surface area contributed by atoms with E-state index in [1.165, 1.54) is 29.2 Å². The first-order chi connectivity index (χ1) is 10.7. The van der Waals surface area contributed by atoms with Crippen molar-refractivity contribution in [3.63, 3.8) is 0 Å². The fourth-order valence-corrected chi connectivity index (χ4v) is 3.70.